The molecule has 1 aromatic rings. The van der Waals surface area contributed by atoms with Crippen molar-refractivity contribution in [1.82, 2.24) is 0 Å². The summed E-state index contributed by atoms with van der Waals surface area (Å²) in [6.45, 7) is 4.79. The van der Waals surface area contributed by atoms with E-state index < -0.39 is 0 Å². The van der Waals surface area contributed by atoms with Gasteiger partial charge in [-0.2, -0.15) is 0 Å². The lowest BCUT2D eigenvalue weighted by molar-refractivity contribution is 0.208. The molecule has 76 valence electrons. The lowest BCUT2D eigenvalue weighted by atomic mass is 9.85. The first kappa shape index (κ1) is 9.72. The Morgan fingerprint density at radius 1 is 1.36 bits per heavy atom. The van der Waals surface area contributed by atoms with Crippen LogP contribution in [0.1, 0.15) is 30.9 Å². The lowest BCUT2D eigenvalue weighted by Crippen LogP contribution is -2.17. The zero-order chi connectivity index (χ0) is 10.1. The molecule has 0 saturated heterocycles. The average Bonchev–Trinajstić information content (AvgIpc) is 2.56. The summed E-state index contributed by atoms with van der Waals surface area (Å²) in [5.74, 6) is 1.64. The van der Waals surface area contributed by atoms with Gasteiger partial charge in [-0.3, -0.25) is 0 Å². The molecule has 0 heterocycles. The summed E-state index contributed by atoms with van der Waals surface area (Å²) in [5.41, 5.74) is 2.80. The van der Waals surface area contributed by atoms with Crippen LogP contribution in [-0.2, 0) is 6.42 Å². The molecule has 2 atom stereocenters. The van der Waals surface area contributed by atoms with Crippen LogP contribution in [0.4, 0.5) is 0 Å². The third kappa shape index (κ3) is 1.46. The highest BCUT2D eigenvalue weighted by Crippen LogP contribution is 2.41. The minimum Gasteiger partial charge on any atom is -0.396 e. The smallest absolute Gasteiger partial charge is 0.0502 e. The van der Waals surface area contributed by atoms with Crippen molar-refractivity contribution in [3.05, 3.63) is 35.4 Å². The second kappa shape index (κ2) is 3.74. The van der Waals surface area contributed by atoms with Crippen molar-refractivity contribution in [1.29, 1.82) is 0 Å². The SMILES string of the molecule is CC(C)[C@H]1Cc2ccccc2C1CO. The van der Waals surface area contributed by atoms with Gasteiger partial charge in [-0.15, -0.1) is 0 Å². The number of benzene rings is 1. The van der Waals surface area contributed by atoms with Crippen LogP contribution in [0, 0.1) is 11.8 Å². The van der Waals surface area contributed by atoms with Gasteiger partial charge < -0.3 is 5.11 Å². The van der Waals surface area contributed by atoms with Crippen LogP contribution in [0.25, 0.3) is 0 Å². The maximum Gasteiger partial charge on any atom is 0.0502 e. The molecular weight excluding hydrogens is 172 g/mol. The van der Waals surface area contributed by atoms with E-state index in [2.05, 4.69) is 38.1 Å². The van der Waals surface area contributed by atoms with Gasteiger partial charge in [0.05, 0.1) is 6.61 Å². The van der Waals surface area contributed by atoms with Gasteiger partial charge >= 0.3 is 0 Å². The van der Waals surface area contributed by atoms with Crippen molar-refractivity contribution in [2.45, 2.75) is 26.2 Å². The number of hydrogen-bond donors (Lipinski definition) is 1. The summed E-state index contributed by atoms with van der Waals surface area (Å²) in [6, 6.07) is 8.53. The molecule has 0 radical (unpaired) electrons. The minimum absolute atomic E-state index is 0.292. The molecule has 0 bridgehead atoms. The monoisotopic (exact) mass is 190 g/mol. The molecule has 0 saturated carbocycles. The van der Waals surface area contributed by atoms with Crippen LogP contribution in [-0.4, -0.2) is 11.7 Å². The first-order valence-electron chi connectivity index (χ1n) is 5.42. The van der Waals surface area contributed by atoms with E-state index in [0.717, 1.165) is 6.42 Å². The first-order chi connectivity index (χ1) is 6.74. The van der Waals surface area contributed by atoms with Crippen molar-refractivity contribution in [2.75, 3.05) is 6.61 Å². The molecule has 0 aliphatic heterocycles. The molecule has 2 rings (SSSR count). The Labute approximate surface area is 85.8 Å². The molecule has 1 nitrogen and oxygen atoms in total. The Kier molecular flexibility index (Phi) is 2.60. The van der Waals surface area contributed by atoms with Gasteiger partial charge in [-0.05, 0) is 29.4 Å². The van der Waals surface area contributed by atoms with Crippen LogP contribution in [0.3, 0.4) is 0 Å². The third-order valence-electron chi connectivity index (χ3n) is 3.48. The molecule has 1 aliphatic carbocycles. The topological polar surface area (TPSA) is 20.2 Å². The summed E-state index contributed by atoms with van der Waals surface area (Å²) < 4.78 is 0. The fraction of sp³-hybridized carbons (Fsp3) is 0.538. The summed E-state index contributed by atoms with van der Waals surface area (Å²) in [4.78, 5) is 0. The Morgan fingerprint density at radius 3 is 2.71 bits per heavy atom. The molecule has 1 unspecified atom stereocenters. The molecule has 0 spiro atoms. The van der Waals surface area contributed by atoms with Crippen LogP contribution in [0.2, 0.25) is 0 Å². The summed E-state index contributed by atoms with van der Waals surface area (Å²) >= 11 is 0. The van der Waals surface area contributed by atoms with E-state index in [1.807, 2.05) is 0 Å². The molecule has 1 heteroatoms. The maximum absolute atomic E-state index is 9.43. The minimum atomic E-state index is 0.292. The largest absolute Gasteiger partial charge is 0.396 e. The quantitative estimate of drug-likeness (QED) is 0.760. The van der Waals surface area contributed by atoms with Crippen molar-refractivity contribution < 1.29 is 5.11 Å². The van der Waals surface area contributed by atoms with Gasteiger partial charge in [-0.25, -0.2) is 0 Å². The van der Waals surface area contributed by atoms with Crippen LogP contribution < -0.4 is 0 Å². The standard InChI is InChI=1S/C13H18O/c1-9(2)12-7-10-5-3-4-6-11(10)13(12)8-14/h3-6,9,12-14H,7-8H2,1-2H3/t12-,13?/m1/s1. The Hall–Kier alpha value is -0.820. The first-order valence-corrected chi connectivity index (χ1v) is 5.42. The zero-order valence-corrected chi connectivity index (χ0v) is 8.90. The molecule has 1 aromatic carbocycles. The Balaban J connectivity index is 2.34. The molecule has 0 fully saturated rings. The Morgan fingerprint density at radius 2 is 2.07 bits per heavy atom. The second-order valence-electron chi connectivity index (χ2n) is 4.60. The maximum atomic E-state index is 9.43. The fourth-order valence-corrected chi connectivity index (χ4v) is 2.64. The summed E-state index contributed by atoms with van der Waals surface area (Å²) in [7, 11) is 0. The van der Waals surface area contributed by atoms with E-state index in [9.17, 15) is 5.11 Å². The predicted molar refractivity (Wildman–Crippen MR) is 58.3 cm³/mol. The molecule has 14 heavy (non-hydrogen) atoms. The highest BCUT2D eigenvalue weighted by atomic mass is 16.3. The molecule has 1 N–H and O–H groups in total. The van der Waals surface area contributed by atoms with E-state index in [-0.39, 0.29) is 0 Å². The number of rotatable bonds is 2. The number of aliphatic hydroxyl groups is 1. The summed E-state index contributed by atoms with van der Waals surface area (Å²) in [5, 5.41) is 9.43. The number of aliphatic hydroxyl groups excluding tert-OH is 1. The highest BCUT2D eigenvalue weighted by Gasteiger charge is 2.33. The molecular formula is C13H18O. The third-order valence-corrected chi connectivity index (χ3v) is 3.48. The van der Waals surface area contributed by atoms with Gasteiger partial charge in [0.1, 0.15) is 0 Å². The second-order valence-corrected chi connectivity index (χ2v) is 4.60. The van der Waals surface area contributed by atoms with Gasteiger partial charge in [0, 0.05) is 5.92 Å². The van der Waals surface area contributed by atoms with E-state index >= 15 is 0 Å². The highest BCUT2D eigenvalue weighted by molar-refractivity contribution is 5.36. The van der Waals surface area contributed by atoms with Gasteiger partial charge in [0.25, 0.3) is 0 Å². The normalized spacial score (nSPS) is 25.4. The molecule has 0 amide bonds. The van der Waals surface area contributed by atoms with Gasteiger partial charge in [0.2, 0.25) is 0 Å². The number of fused-ring (bicyclic) bond motifs is 1. The van der Waals surface area contributed by atoms with Gasteiger partial charge in [0.15, 0.2) is 0 Å². The van der Waals surface area contributed by atoms with Crippen molar-refractivity contribution in [3.8, 4) is 0 Å². The van der Waals surface area contributed by atoms with Crippen LogP contribution in [0.15, 0.2) is 24.3 Å². The van der Waals surface area contributed by atoms with E-state index in [0.29, 0.717) is 24.4 Å². The Bertz CT molecular complexity index is 317. The summed E-state index contributed by atoms with van der Waals surface area (Å²) in [6.07, 6.45) is 1.14. The zero-order valence-electron chi connectivity index (χ0n) is 8.90. The van der Waals surface area contributed by atoms with Crippen molar-refractivity contribution >= 4 is 0 Å². The van der Waals surface area contributed by atoms with Crippen molar-refractivity contribution in [2.24, 2.45) is 11.8 Å². The van der Waals surface area contributed by atoms with E-state index in [1.165, 1.54) is 11.1 Å². The molecule has 0 aromatic heterocycles. The molecule has 1 aliphatic rings. The van der Waals surface area contributed by atoms with Crippen LogP contribution in [0.5, 0.6) is 0 Å². The van der Waals surface area contributed by atoms with Gasteiger partial charge in [-0.1, -0.05) is 38.1 Å². The van der Waals surface area contributed by atoms with E-state index in [1.54, 1.807) is 0 Å². The average molecular weight is 190 g/mol. The number of hydrogen-bond acceptors (Lipinski definition) is 1. The predicted octanol–water partition coefficient (Wildman–Crippen LogP) is 2.59. The van der Waals surface area contributed by atoms with E-state index in [4.69, 9.17) is 0 Å². The van der Waals surface area contributed by atoms with Crippen LogP contribution >= 0.6 is 0 Å². The fourth-order valence-electron chi connectivity index (χ4n) is 2.64. The lowest BCUT2D eigenvalue weighted by Gasteiger charge is -2.21. The van der Waals surface area contributed by atoms with Crippen molar-refractivity contribution in [3.63, 3.8) is 0 Å².